The van der Waals surface area contributed by atoms with Gasteiger partial charge in [-0.2, -0.15) is 5.10 Å². The number of hydrogen-bond acceptors (Lipinski definition) is 3. The summed E-state index contributed by atoms with van der Waals surface area (Å²) >= 11 is 7.19. The summed E-state index contributed by atoms with van der Waals surface area (Å²) in [5.41, 5.74) is 5.78. The van der Waals surface area contributed by atoms with Crippen LogP contribution in [0.3, 0.4) is 0 Å². The molecule has 3 aromatic rings. The largest absolute Gasteiger partial charge is 0.464 e. The minimum Gasteiger partial charge on any atom is -0.464 e. The maximum atomic E-state index is 6.42. The van der Waals surface area contributed by atoms with E-state index in [1.54, 1.807) is 0 Å². The Labute approximate surface area is 181 Å². The third-order valence-corrected chi connectivity index (χ3v) is 6.26. The van der Waals surface area contributed by atoms with Gasteiger partial charge in [0.15, 0.2) is 0 Å². The number of rotatable bonds is 2. The molecule has 0 bridgehead atoms. The minimum atomic E-state index is -0.251. The predicted molar refractivity (Wildman–Crippen MR) is 119 cm³/mol. The molecule has 140 valence electrons. The highest BCUT2D eigenvalue weighted by atomic mass is 79.9. The summed E-state index contributed by atoms with van der Waals surface area (Å²) in [4.78, 5) is 0. The van der Waals surface area contributed by atoms with Gasteiger partial charge in [0.1, 0.15) is 5.75 Å². The molecule has 0 amide bonds. The van der Waals surface area contributed by atoms with Crippen LogP contribution >= 0.6 is 31.9 Å². The van der Waals surface area contributed by atoms with Crippen LogP contribution in [0.5, 0.6) is 5.75 Å². The lowest BCUT2D eigenvalue weighted by Gasteiger charge is -2.38. The molecule has 2 aliphatic rings. The van der Waals surface area contributed by atoms with Gasteiger partial charge in [0.25, 0.3) is 0 Å². The average Bonchev–Trinajstić information content (AvgIpc) is 3.14. The average molecular weight is 498 g/mol. The van der Waals surface area contributed by atoms with Gasteiger partial charge in [-0.15, -0.1) is 0 Å². The molecule has 5 heteroatoms. The molecule has 0 aromatic heterocycles. The number of hydrazone groups is 1. The van der Waals surface area contributed by atoms with Crippen molar-refractivity contribution in [2.45, 2.75) is 25.6 Å². The molecule has 3 aromatic carbocycles. The quantitative estimate of drug-likeness (QED) is 0.390. The maximum Gasteiger partial charge on any atom is 0.213 e. The van der Waals surface area contributed by atoms with E-state index in [2.05, 4.69) is 86.3 Å². The molecule has 0 spiro atoms. The molecule has 0 N–H and O–H groups in total. The van der Waals surface area contributed by atoms with Crippen LogP contribution in [-0.4, -0.2) is 10.7 Å². The lowest BCUT2D eigenvalue weighted by Crippen LogP contribution is -2.33. The van der Waals surface area contributed by atoms with Crippen LogP contribution in [0.25, 0.3) is 0 Å². The molecule has 2 aliphatic heterocycles. The van der Waals surface area contributed by atoms with Gasteiger partial charge in [-0.05, 0) is 42.8 Å². The van der Waals surface area contributed by atoms with Crippen molar-refractivity contribution in [2.75, 3.05) is 0 Å². The summed E-state index contributed by atoms with van der Waals surface area (Å²) in [6, 6.07) is 23.2. The van der Waals surface area contributed by atoms with Crippen molar-refractivity contribution in [3.8, 4) is 5.75 Å². The molecule has 0 saturated heterocycles. The number of aryl methyl sites for hydroxylation is 1. The first kappa shape index (κ1) is 18.0. The van der Waals surface area contributed by atoms with Crippen molar-refractivity contribution >= 4 is 37.6 Å². The Balaban J connectivity index is 1.61. The first-order valence-corrected chi connectivity index (χ1v) is 10.8. The fourth-order valence-corrected chi connectivity index (χ4v) is 4.65. The highest BCUT2D eigenvalue weighted by Gasteiger charge is 2.41. The zero-order chi connectivity index (χ0) is 19.3. The van der Waals surface area contributed by atoms with E-state index in [0.29, 0.717) is 0 Å². The molecule has 5 rings (SSSR count). The van der Waals surface area contributed by atoms with E-state index in [-0.39, 0.29) is 12.3 Å². The minimum absolute atomic E-state index is 0.154. The highest BCUT2D eigenvalue weighted by Crippen LogP contribution is 2.48. The second-order valence-corrected chi connectivity index (χ2v) is 9.05. The van der Waals surface area contributed by atoms with Crippen LogP contribution in [-0.2, 0) is 0 Å². The molecule has 0 radical (unpaired) electrons. The standard InChI is InChI=1S/C23H18Br2N2O/c1-14-5-7-15(8-6-14)20-13-21-19-12-18(25)9-10-22(19)28-23(27(21)26-20)16-3-2-4-17(24)11-16/h2-12,21,23H,13H2,1H3/t21-,23+/m0/s1. The molecule has 0 saturated carbocycles. The normalized spacial score (nSPS) is 20.2. The second-order valence-electron chi connectivity index (χ2n) is 7.22. The number of ether oxygens (including phenoxy) is 1. The summed E-state index contributed by atoms with van der Waals surface area (Å²) in [6.07, 6.45) is 0.611. The van der Waals surface area contributed by atoms with E-state index in [1.165, 1.54) is 16.7 Å². The van der Waals surface area contributed by atoms with Gasteiger partial charge in [0, 0.05) is 26.5 Å². The molecule has 0 fully saturated rings. The SMILES string of the molecule is Cc1ccc(C2=NN3[C@@H](c4cccc(Br)c4)Oc4ccc(Br)cc4[C@@H]3C2)cc1. The van der Waals surface area contributed by atoms with Crippen molar-refractivity contribution in [1.29, 1.82) is 0 Å². The van der Waals surface area contributed by atoms with E-state index in [1.807, 2.05) is 24.3 Å². The van der Waals surface area contributed by atoms with Crippen molar-refractivity contribution < 1.29 is 4.74 Å². The van der Waals surface area contributed by atoms with E-state index in [0.717, 1.165) is 32.4 Å². The number of benzene rings is 3. The zero-order valence-electron chi connectivity index (χ0n) is 15.3. The summed E-state index contributed by atoms with van der Waals surface area (Å²) in [7, 11) is 0. The second kappa shape index (κ2) is 7.05. The number of hydrogen-bond donors (Lipinski definition) is 0. The lowest BCUT2D eigenvalue weighted by molar-refractivity contribution is -0.0191. The highest BCUT2D eigenvalue weighted by molar-refractivity contribution is 9.10. The van der Waals surface area contributed by atoms with Crippen molar-refractivity contribution in [3.05, 3.63) is 97.9 Å². The van der Waals surface area contributed by atoms with E-state index < -0.39 is 0 Å². The molecule has 2 atom stereocenters. The Kier molecular flexibility index (Phi) is 4.52. The van der Waals surface area contributed by atoms with Gasteiger partial charge in [-0.3, -0.25) is 0 Å². The van der Waals surface area contributed by atoms with Crippen LogP contribution in [0.4, 0.5) is 0 Å². The first-order valence-electron chi connectivity index (χ1n) is 9.23. The van der Waals surface area contributed by atoms with Crippen LogP contribution in [0.1, 0.15) is 40.9 Å². The van der Waals surface area contributed by atoms with Crippen LogP contribution in [0, 0.1) is 6.92 Å². The maximum absolute atomic E-state index is 6.42. The van der Waals surface area contributed by atoms with Gasteiger partial charge in [-0.25, -0.2) is 5.01 Å². The number of nitrogens with zero attached hydrogens (tertiary/aromatic N) is 2. The van der Waals surface area contributed by atoms with Gasteiger partial charge in [-0.1, -0.05) is 73.8 Å². The number of halogens is 2. The number of fused-ring (bicyclic) bond motifs is 3. The van der Waals surface area contributed by atoms with Gasteiger partial charge in [0.05, 0.1) is 11.8 Å². The third-order valence-electron chi connectivity index (χ3n) is 5.27. The van der Waals surface area contributed by atoms with Gasteiger partial charge >= 0.3 is 0 Å². The Morgan fingerprint density at radius 3 is 2.54 bits per heavy atom. The van der Waals surface area contributed by atoms with Gasteiger partial charge in [0.2, 0.25) is 6.23 Å². The summed E-state index contributed by atoms with van der Waals surface area (Å²) in [5, 5.41) is 7.14. The zero-order valence-corrected chi connectivity index (χ0v) is 18.4. The summed E-state index contributed by atoms with van der Waals surface area (Å²) in [5.74, 6) is 0.926. The van der Waals surface area contributed by atoms with E-state index in [9.17, 15) is 0 Å². The predicted octanol–water partition coefficient (Wildman–Crippen LogP) is 6.76. The monoisotopic (exact) mass is 496 g/mol. The fourth-order valence-electron chi connectivity index (χ4n) is 3.86. The molecular formula is C23H18Br2N2O. The lowest BCUT2D eigenvalue weighted by atomic mass is 9.95. The Bertz CT molecular complexity index is 1080. The third kappa shape index (κ3) is 3.16. The Morgan fingerprint density at radius 1 is 0.964 bits per heavy atom. The van der Waals surface area contributed by atoms with Crippen molar-refractivity contribution in [1.82, 2.24) is 5.01 Å². The molecule has 3 nitrogen and oxygen atoms in total. The van der Waals surface area contributed by atoms with Gasteiger partial charge < -0.3 is 4.74 Å². The topological polar surface area (TPSA) is 24.8 Å². The summed E-state index contributed by atoms with van der Waals surface area (Å²) in [6.45, 7) is 2.11. The Morgan fingerprint density at radius 2 is 1.75 bits per heavy atom. The van der Waals surface area contributed by atoms with E-state index >= 15 is 0 Å². The van der Waals surface area contributed by atoms with E-state index in [4.69, 9.17) is 9.84 Å². The van der Waals surface area contributed by atoms with Crippen molar-refractivity contribution in [2.24, 2.45) is 5.10 Å². The van der Waals surface area contributed by atoms with Crippen LogP contribution in [0.15, 0.2) is 80.8 Å². The van der Waals surface area contributed by atoms with Crippen molar-refractivity contribution in [3.63, 3.8) is 0 Å². The van der Waals surface area contributed by atoms with Crippen LogP contribution < -0.4 is 4.74 Å². The first-order chi connectivity index (χ1) is 13.6. The molecular weight excluding hydrogens is 480 g/mol. The molecule has 0 unspecified atom stereocenters. The molecule has 2 heterocycles. The fraction of sp³-hybridized carbons (Fsp3) is 0.174. The molecule has 0 aliphatic carbocycles. The Hall–Kier alpha value is -2.11. The molecule has 28 heavy (non-hydrogen) atoms. The summed E-state index contributed by atoms with van der Waals surface area (Å²) < 4.78 is 8.51. The van der Waals surface area contributed by atoms with Crippen LogP contribution in [0.2, 0.25) is 0 Å². The smallest absolute Gasteiger partial charge is 0.213 e.